The fourth-order valence-electron chi connectivity index (χ4n) is 1.69. The van der Waals surface area contributed by atoms with E-state index in [2.05, 4.69) is 5.32 Å². The van der Waals surface area contributed by atoms with Crippen LogP contribution >= 0.6 is 11.6 Å². The maximum atomic E-state index is 12.1. The number of hydrogen-bond donors (Lipinski definition) is 1. The SMILES string of the molecule is O=S(=O)(CCNc1ccccc1)c1ccccc1Cl. The van der Waals surface area contributed by atoms with Gasteiger partial charge in [-0.2, -0.15) is 0 Å². The molecule has 0 aliphatic rings. The minimum Gasteiger partial charge on any atom is -0.384 e. The van der Waals surface area contributed by atoms with Crippen LogP contribution in [0, 0.1) is 0 Å². The lowest BCUT2D eigenvalue weighted by atomic mass is 10.3. The fourth-order valence-corrected chi connectivity index (χ4v) is 3.42. The number of rotatable bonds is 5. The first-order valence-electron chi connectivity index (χ1n) is 5.86. The molecular formula is C14H14ClNO2S. The second-order valence-corrected chi connectivity index (χ2v) is 6.53. The molecule has 0 aromatic heterocycles. The standard InChI is InChI=1S/C14H14ClNO2S/c15-13-8-4-5-9-14(13)19(17,18)11-10-16-12-6-2-1-3-7-12/h1-9,16H,10-11H2. The Labute approximate surface area is 118 Å². The van der Waals surface area contributed by atoms with Crippen LogP contribution in [-0.2, 0) is 9.84 Å². The van der Waals surface area contributed by atoms with Gasteiger partial charge in [-0.25, -0.2) is 8.42 Å². The highest BCUT2D eigenvalue weighted by Crippen LogP contribution is 2.21. The normalized spacial score (nSPS) is 11.2. The van der Waals surface area contributed by atoms with E-state index in [0.29, 0.717) is 6.54 Å². The molecular weight excluding hydrogens is 282 g/mol. The van der Waals surface area contributed by atoms with E-state index >= 15 is 0 Å². The summed E-state index contributed by atoms with van der Waals surface area (Å²) >= 11 is 5.91. The largest absolute Gasteiger partial charge is 0.384 e. The van der Waals surface area contributed by atoms with Crippen molar-refractivity contribution in [3.05, 3.63) is 59.6 Å². The Kier molecular flexibility index (Phi) is 4.45. The Morgan fingerprint density at radius 2 is 1.58 bits per heavy atom. The van der Waals surface area contributed by atoms with Crippen LogP contribution < -0.4 is 5.32 Å². The molecule has 0 atom stereocenters. The van der Waals surface area contributed by atoms with Crippen LogP contribution in [0.5, 0.6) is 0 Å². The predicted molar refractivity (Wildman–Crippen MR) is 78.4 cm³/mol. The van der Waals surface area contributed by atoms with E-state index in [4.69, 9.17) is 11.6 Å². The summed E-state index contributed by atoms with van der Waals surface area (Å²) in [6, 6.07) is 16.0. The zero-order valence-electron chi connectivity index (χ0n) is 10.2. The molecule has 0 fully saturated rings. The summed E-state index contributed by atoms with van der Waals surface area (Å²) in [7, 11) is -3.36. The van der Waals surface area contributed by atoms with E-state index in [1.54, 1.807) is 18.2 Å². The van der Waals surface area contributed by atoms with Crippen LogP contribution in [0.3, 0.4) is 0 Å². The van der Waals surface area contributed by atoms with Gasteiger partial charge in [0.2, 0.25) is 0 Å². The fraction of sp³-hybridized carbons (Fsp3) is 0.143. The molecule has 3 nitrogen and oxygen atoms in total. The van der Waals surface area contributed by atoms with Crippen molar-refractivity contribution in [3.63, 3.8) is 0 Å². The Balaban J connectivity index is 2.01. The third-order valence-corrected chi connectivity index (χ3v) is 4.85. The van der Waals surface area contributed by atoms with Crippen molar-refractivity contribution < 1.29 is 8.42 Å². The van der Waals surface area contributed by atoms with Gasteiger partial charge in [-0.1, -0.05) is 41.9 Å². The topological polar surface area (TPSA) is 46.2 Å². The first-order chi connectivity index (χ1) is 9.09. The van der Waals surface area contributed by atoms with E-state index in [-0.39, 0.29) is 15.7 Å². The second-order valence-electron chi connectivity index (χ2n) is 4.04. The molecule has 0 heterocycles. The summed E-state index contributed by atoms with van der Waals surface area (Å²) in [5, 5.41) is 3.33. The predicted octanol–water partition coefficient (Wildman–Crippen LogP) is 3.23. The Bertz CT molecular complexity index is 642. The lowest BCUT2D eigenvalue weighted by Gasteiger charge is -2.08. The third kappa shape index (κ3) is 3.72. The summed E-state index contributed by atoms with van der Waals surface area (Å²) in [5.74, 6) is 0.00558. The molecule has 5 heteroatoms. The van der Waals surface area contributed by atoms with Gasteiger partial charge >= 0.3 is 0 Å². The number of para-hydroxylation sites is 1. The zero-order valence-corrected chi connectivity index (χ0v) is 11.8. The molecule has 0 aliphatic heterocycles. The van der Waals surface area contributed by atoms with E-state index in [9.17, 15) is 8.42 Å². The van der Waals surface area contributed by atoms with Crippen LogP contribution in [0.4, 0.5) is 5.69 Å². The van der Waals surface area contributed by atoms with Crippen molar-refractivity contribution in [2.45, 2.75) is 4.90 Å². The van der Waals surface area contributed by atoms with Gasteiger partial charge in [0.05, 0.1) is 15.7 Å². The van der Waals surface area contributed by atoms with Crippen molar-refractivity contribution in [2.75, 3.05) is 17.6 Å². The molecule has 0 amide bonds. The van der Waals surface area contributed by atoms with Gasteiger partial charge in [-0.3, -0.25) is 0 Å². The molecule has 2 aromatic rings. The van der Waals surface area contributed by atoms with Crippen LogP contribution in [0.25, 0.3) is 0 Å². The molecule has 0 aliphatic carbocycles. The average molecular weight is 296 g/mol. The zero-order chi connectivity index (χ0) is 13.7. The molecule has 2 rings (SSSR count). The van der Waals surface area contributed by atoms with Gasteiger partial charge in [0, 0.05) is 12.2 Å². The van der Waals surface area contributed by atoms with Crippen LogP contribution in [0.2, 0.25) is 5.02 Å². The highest BCUT2D eigenvalue weighted by Gasteiger charge is 2.16. The second kappa shape index (κ2) is 6.08. The lowest BCUT2D eigenvalue weighted by Crippen LogP contribution is -2.16. The van der Waals surface area contributed by atoms with Crippen LogP contribution in [0.15, 0.2) is 59.5 Å². The van der Waals surface area contributed by atoms with Crippen molar-refractivity contribution in [3.8, 4) is 0 Å². The molecule has 1 N–H and O–H groups in total. The maximum absolute atomic E-state index is 12.1. The van der Waals surface area contributed by atoms with Gasteiger partial charge < -0.3 is 5.32 Å². The Morgan fingerprint density at radius 1 is 0.947 bits per heavy atom. The van der Waals surface area contributed by atoms with Gasteiger partial charge in [0.1, 0.15) is 0 Å². The molecule has 2 aromatic carbocycles. The Morgan fingerprint density at radius 3 is 2.26 bits per heavy atom. The number of sulfone groups is 1. The molecule has 0 saturated carbocycles. The summed E-state index contributed by atoms with van der Waals surface area (Å²) in [5.41, 5.74) is 0.900. The smallest absolute Gasteiger partial charge is 0.181 e. The Hall–Kier alpha value is -1.52. The molecule has 100 valence electrons. The van der Waals surface area contributed by atoms with E-state index in [1.165, 1.54) is 6.07 Å². The highest BCUT2D eigenvalue weighted by atomic mass is 35.5. The van der Waals surface area contributed by atoms with E-state index in [0.717, 1.165) is 5.69 Å². The minimum absolute atomic E-state index is 0.00558. The summed E-state index contributed by atoms with van der Waals surface area (Å²) < 4.78 is 24.2. The summed E-state index contributed by atoms with van der Waals surface area (Å²) in [4.78, 5) is 0.187. The first-order valence-corrected chi connectivity index (χ1v) is 7.89. The van der Waals surface area contributed by atoms with E-state index < -0.39 is 9.84 Å². The van der Waals surface area contributed by atoms with E-state index in [1.807, 2.05) is 30.3 Å². The average Bonchev–Trinajstić information content (AvgIpc) is 2.40. The van der Waals surface area contributed by atoms with Crippen molar-refractivity contribution in [2.24, 2.45) is 0 Å². The molecule has 19 heavy (non-hydrogen) atoms. The number of hydrogen-bond acceptors (Lipinski definition) is 3. The quantitative estimate of drug-likeness (QED) is 0.921. The number of nitrogens with one attached hydrogen (secondary N) is 1. The summed E-state index contributed by atoms with van der Waals surface area (Å²) in [6.45, 7) is 0.345. The van der Waals surface area contributed by atoms with Crippen LogP contribution in [0.1, 0.15) is 0 Å². The highest BCUT2D eigenvalue weighted by molar-refractivity contribution is 7.91. The number of halogens is 1. The van der Waals surface area contributed by atoms with Gasteiger partial charge in [0.15, 0.2) is 9.84 Å². The minimum atomic E-state index is -3.36. The molecule has 0 unspecified atom stereocenters. The molecule has 0 spiro atoms. The first kappa shape index (κ1) is 13.9. The van der Waals surface area contributed by atoms with Crippen molar-refractivity contribution in [1.82, 2.24) is 0 Å². The van der Waals surface area contributed by atoms with Gasteiger partial charge in [-0.15, -0.1) is 0 Å². The molecule has 0 saturated heterocycles. The van der Waals surface area contributed by atoms with Crippen molar-refractivity contribution in [1.29, 1.82) is 0 Å². The maximum Gasteiger partial charge on any atom is 0.181 e. The van der Waals surface area contributed by atoms with Gasteiger partial charge in [0.25, 0.3) is 0 Å². The van der Waals surface area contributed by atoms with Gasteiger partial charge in [-0.05, 0) is 24.3 Å². The third-order valence-electron chi connectivity index (χ3n) is 2.65. The number of anilines is 1. The van der Waals surface area contributed by atoms with Crippen LogP contribution in [-0.4, -0.2) is 20.7 Å². The molecule has 0 radical (unpaired) electrons. The number of benzene rings is 2. The molecule has 0 bridgehead atoms. The summed E-state index contributed by atoms with van der Waals surface area (Å²) in [6.07, 6.45) is 0. The monoisotopic (exact) mass is 295 g/mol. The lowest BCUT2D eigenvalue weighted by molar-refractivity contribution is 0.596. The van der Waals surface area contributed by atoms with Crippen molar-refractivity contribution >= 4 is 27.1 Å².